The van der Waals surface area contributed by atoms with E-state index < -0.39 is 17.2 Å². The van der Waals surface area contributed by atoms with Crippen LogP contribution in [0.1, 0.15) is 64.8 Å². The van der Waals surface area contributed by atoms with Crippen LogP contribution in [0.25, 0.3) is 5.69 Å². The number of hydrogen-bond acceptors (Lipinski definition) is 4. The lowest BCUT2D eigenvalue weighted by molar-refractivity contribution is 0.0684. The van der Waals surface area contributed by atoms with E-state index in [0.29, 0.717) is 5.69 Å². The number of amides is 1. The molecule has 0 radical (unpaired) electrons. The van der Waals surface area contributed by atoms with Crippen LogP contribution in [0.3, 0.4) is 0 Å². The fourth-order valence-electron chi connectivity index (χ4n) is 4.57. The number of nitrogens with zero attached hydrogens (tertiary/aromatic N) is 4. The highest BCUT2D eigenvalue weighted by molar-refractivity contribution is 5.91. The summed E-state index contributed by atoms with van der Waals surface area (Å²) in [6.45, 7) is 5.95. The van der Waals surface area contributed by atoms with Crippen LogP contribution in [0.15, 0.2) is 52.1 Å². The topological polar surface area (TPSA) is 77.2 Å². The van der Waals surface area contributed by atoms with Crippen molar-refractivity contribution < 1.29 is 4.79 Å². The Hall–Kier alpha value is -3.48. The minimum atomic E-state index is -0.652. The first kappa shape index (κ1) is 23.7. The summed E-state index contributed by atoms with van der Waals surface area (Å²) in [5.74, 6) is -0.437. The van der Waals surface area contributed by atoms with Gasteiger partial charge in [-0.1, -0.05) is 49.6 Å². The normalized spacial score (nSPS) is 14.2. The summed E-state index contributed by atoms with van der Waals surface area (Å²) in [6, 6.07) is 13.2. The quantitative estimate of drug-likeness (QED) is 0.581. The van der Waals surface area contributed by atoms with Crippen LogP contribution in [0.5, 0.6) is 0 Å². The second kappa shape index (κ2) is 9.79. The standard InChI is InChI=1S/C27H32N4O3/c1-18-14-15-23(16-20(18)3)31-27(34)30(17-21-11-9-8-10-19(21)2)26(33)24(28-31)25(32)29(4)22-12-6-5-7-13-22/h8-11,14-16,22H,5-7,12-13,17H2,1-4H3. The molecule has 1 heterocycles. The first-order chi connectivity index (χ1) is 16.3. The maximum atomic E-state index is 13.5. The highest BCUT2D eigenvalue weighted by Crippen LogP contribution is 2.22. The highest BCUT2D eigenvalue weighted by atomic mass is 16.2. The molecular formula is C27H32N4O3. The van der Waals surface area contributed by atoms with Gasteiger partial charge in [-0.25, -0.2) is 4.79 Å². The monoisotopic (exact) mass is 460 g/mol. The first-order valence-corrected chi connectivity index (χ1v) is 11.9. The second-order valence-electron chi connectivity index (χ2n) is 9.34. The first-order valence-electron chi connectivity index (χ1n) is 11.9. The number of rotatable bonds is 5. The third-order valence-corrected chi connectivity index (χ3v) is 7.03. The molecule has 3 aromatic rings. The summed E-state index contributed by atoms with van der Waals surface area (Å²) in [6.07, 6.45) is 5.12. The van der Waals surface area contributed by atoms with E-state index in [1.807, 2.05) is 57.2 Å². The Bertz CT molecular complexity index is 1330. The van der Waals surface area contributed by atoms with Gasteiger partial charge in [-0.05, 0) is 68.0 Å². The zero-order chi connectivity index (χ0) is 24.4. The van der Waals surface area contributed by atoms with Gasteiger partial charge < -0.3 is 4.90 Å². The van der Waals surface area contributed by atoms with Crippen molar-refractivity contribution in [3.63, 3.8) is 0 Å². The SMILES string of the molecule is Cc1ccc(-n2nc(C(=O)N(C)C3CCCCC3)c(=O)n(Cc3ccccc3C)c2=O)cc1C. The summed E-state index contributed by atoms with van der Waals surface area (Å²) in [5, 5.41) is 4.33. The molecule has 2 aromatic carbocycles. The molecule has 1 fully saturated rings. The Kier molecular flexibility index (Phi) is 6.82. The van der Waals surface area contributed by atoms with E-state index in [4.69, 9.17) is 0 Å². The number of benzene rings is 2. The van der Waals surface area contributed by atoms with E-state index in [2.05, 4.69) is 5.10 Å². The zero-order valence-corrected chi connectivity index (χ0v) is 20.4. The molecule has 1 aliphatic rings. The number of aromatic nitrogens is 3. The third-order valence-electron chi connectivity index (χ3n) is 7.03. The van der Waals surface area contributed by atoms with Gasteiger partial charge in [0, 0.05) is 13.1 Å². The van der Waals surface area contributed by atoms with Crippen LogP contribution in [-0.2, 0) is 6.54 Å². The van der Waals surface area contributed by atoms with Gasteiger partial charge >= 0.3 is 5.69 Å². The van der Waals surface area contributed by atoms with Crippen molar-refractivity contribution in [1.82, 2.24) is 19.2 Å². The molecule has 1 amide bonds. The smallest absolute Gasteiger partial charge is 0.337 e. The minimum Gasteiger partial charge on any atom is -0.337 e. The van der Waals surface area contributed by atoms with Crippen molar-refractivity contribution in [2.75, 3.05) is 7.05 Å². The van der Waals surface area contributed by atoms with Crippen LogP contribution in [0.2, 0.25) is 0 Å². The number of hydrogen-bond donors (Lipinski definition) is 0. The summed E-state index contributed by atoms with van der Waals surface area (Å²) in [4.78, 5) is 42.1. The number of carbonyl (C=O) groups excluding carboxylic acids is 1. The van der Waals surface area contributed by atoms with Crippen LogP contribution < -0.4 is 11.2 Å². The lowest BCUT2D eigenvalue weighted by Crippen LogP contribution is -2.48. The summed E-state index contributed by atoms with van der Waals surface area (Å²) >= 11 is 0. The molecule has 7 nitrogen and oxygen atoms in total. The maximum absolute atomic E-state index is 13.5. The van der Waals surface area contributed by atoms with E-state index in [1.54, 1.807) is 18.0 Å². The van der Waals surface area contributed by atoms with Gasteiger partial charge in [-0.2, -0.15) is 9.78 Å². The maximum Gasteiger partial charge on any atom is 0.352 e. The van der Waals surface area contributed by atoms with E-state index in [0.717, 1.165) is 58.9 Å². The zero-order valence-electron chi connectivity index (χ0n) is 20.4. The molecule has 34 heavy (non-hydrogen) atoms. The van der Waals surface area contributed by atoms with E-state index in [1.165, 1.54) is 4.68 Å². The molecular weight excluding hydrogens is 428 g/mol. The van der Waals surface area contributed by atoms with Crippen LogP contribution in [0.4, 0.5) is 0 Å². The molecule has 0 aliphatic heterocycles. The van der Waals surface area contributed by atoms with Crippen LogP contribution in [0, 0.1) is 20.8 Å². The van der Waals surface area contributed by atoms with Gasteiger partial charge in [0.15, 0.2) is 0 Å². The molecule has 178 valence electrons. The minimum absolute atomic E-state index is 0.0745. The van der Waals surface area contributed by atoms with E-state index >= 15 is 0 Å². The van der Waals surface area contributed by atoms with Crippen molar-refractivity contribution in [3.05, 3.63) is 91.3 Å². The lowest BCUT2D eigenvalue weighted by Gasteiger charge is -2.30. The fourth-order valence-corrected chi connectivity index (χ4v) is 4.57. The van der Waals surface area contributed by atoms with Gasteiger partial charge in [0.05, 0.1) is 12.2 Å². The van der Waals surface area contributed by atoms with Crippen LogP contribution >= 0.6 is 0 Å². The van der Waals surface area contributed by atoms with E-state index in [-0.39, 0.29) is 18.3 Å². The largest absolute Gasteiger partial charge is 0.352 e. The highest BCUT2D eigenvalue weighted by Gasteiger charge is 2.28. The van der Waals surface area contributed by atoms with E-state index in [9.17, 15) is 14.4 Å². The van der Waals surface area contributed by atoms with Gasteiger partial charge in [-0.3, -0.25) is 14.2 Å². The number of aryl methyl sites for hydroxylation is 3. The fraction of sp³-hybridized carbons (Fsp3) is 0.407. The lowest BCUT2D eigenvalue weighted by atomic mass is 9.94. The van der Waals surface area contributed by atoms with Crippen molar-refractivity contribution in [1.29, 1.82) is 0 Å². The summed E-state index contributed by atoms with van der Waals surface area (Å²) < 4.78 is 2.32. The van der Waals surface area contributed by atoms with Crippen molar-refractivity contribution in [3.8, 4) is 5.69 Å². The average Bonchev–Trinajstić information content (AvgIpc) is 2.84. The molecule has 7 heteroatoms. The van der Waals surface area contributed by atoms with Gasteiger partial charge in [-0.15, -0.1) is 0 Å². The second-order valence-corrected chi connectivity index (χ2v) is 9.34. The molecule has 0 N–H and O–H groups in total. The molecule has 0 unspecified atom stereocenters. The molecule has 0 bridgehead atoms. The predicted molar refractivity (Wildman–Crippen MR) is 133 cm³/mol. The van der Waals surface area contributed by atoms with Gasteiger partial charge in [0.25, 0.3) is 11.5 Å². The van der Waals surface area contributed by atoms with Crippen molar-refractivity contribution in [2.45, 2.75) is 65.5 Å². The predicted octanol–water partition coefficient (Wildman–Crippen LogP) is 3.77. The Morgan fingerprint density at radius 1 is 0.971 bits per heavy atom. The summed E-state index contributed by atoms with van der Waals surface area (Å²) in [5.41, 5.74) is 2.98. The molecule has 0 spiro atoms. The Balaban J connectivity index is 1.87. The molecule has 4 rings (SSSR count). The summed E-state index contributed by atoms with van der Waals surface area (Å²) in [7, 11) is 1.73. The Morgan fingerprint density at radius 2 is 1.68 bits per heavy atom. The number of carbonyl (C=O) groups is 1. The molecule has 0 saturated heterocycles. The molecule has 1 aromatic heterocycles. The molecule has 1 aliphatic carbocycles. The van der Waals surface area contributed by atoms with Crippen molar-refractivity contribution in [2.24, 2.45) is 0 Å². The third kappa shape index (κ3) is 4.60. The Morgan fingerprint density at radius 3 is 2.35 bits per heavy atom. The van der Waals surface area contributed by atoms with Gasteiger partial charge in [0.1, 0.15) is 0 Å². The Labute approximate surface area is 199 Å². The molecule has 1 saturated carbocycles. The average molecular weight is 461 g/mol. The van der Waals surface area contributed by atoms with Gasteiger partial charge in [0.2, 0.25) is 5.69 Å². The van der Waals surface area contributed by atoms with Crippen molar-refractivity contribution >= 4 is 5.91 Å². The molecule has 0 atom stereocenters. The van der Waals surface area contributed by atoms with Crippen LogP contribution in [-0.4, -0.2) is 38.2 Å².